The van der Waals surface area contributed by atoms with E-state index in [0.29, 0.717) is 0 Å². The fourth-order valence-corrected chi connectivity index (χ4v) is 10.5. The van der Waals surface area contributed by atoms with Gasteiger partial charge in [-0.15, -0.1) is 18.2 Å². The maximum absolute atomic E-state index is 8.56. The molecular formula is C53H51GeIrN3O-2. The zero-order chi connectivity index (χ0) is 42.4. The second-order valence-electron chi connectivity index (χ2n) is 17.2. The number of hydrogen-bond acceptors (Lipinski definition) is 3. The zero-order valence-electron chi connectivity index (χ0n) is 37.0. The van der Waals surface area contributed by atoms with Crippen LogP contribution in [0.4, 0.5) is 0 Å². The van der Waals surface area contributed by atoms with Gasteiger partial charge >= 0.3 is 128 Å². The van der Waals surface area contributed by atoms with Crippen LogP contribution in [0.5, 0.6) is 0 Å². The Morgan fingerprint density at radius 1 is 0.780 bits per heavy atom. The van der Waals surface area contributed by atoms with Gasteiger partial charge in [0.2, 0.25) is 0 Å². The van der Waals surface area contributed by atoms with Crippen LogP contribution in [0.3, 0.4) is 0 Å². The third kappa shape index (κ3) is 8.80. The average Bonchev–Trinajstić information content (AvgIpc) is 3.82. The molecule has 59 heavy (non-hydrogen) atoms. The number of fused-ring (bicyclic) bond motifs is 4. The topological polar surface area (TPSA) is 43.9 Å². The molecular weight excluding hydrogens is 959 g/mol. The van der Waals surface area contributed by atoms with E-state index in [9.17, 15) is 0 Å². The van der Waals surface area contributed by atoms with Crippen LogP contribution in [0.15, 0.2) is 150 Å². The van der Waals surface area contributed by atoms with Crippen molar-refractivity contribution in [1.82, 2.24) is 14.5 Å². The second kappa shape index (κ2) is 17.3. The van der Waals surface area contributed by atoms with Crippen molar-refractivity contribution in [2.45, 2.75) is 63.7 Å². The number of para-hydroxylation sites is 3. The van der Waals surface area contributed by atoms with Gasteiger partial charge < -0.3 is 8.98 Å². The number of furan rings is 1. The fraction of sp³-hybridized carbons (Fsp3) is 0.208. The third-order valence-electron chi connectivity index (χ3n) is 10.5. The van der Waals surface area contributed by atoms with Crippen molar-refractivity contribution < 1.29 is 27.3 Å². The Morgan fingerprint density at radius 3 is 2.24 bits per heavy atom. The molecule has 0 aliphatic rings. The van der Waals surface area contributed by atoms with Crippen molar-refractivity contribution in [3.8, 4) is 39.5 Å². The SMILES string of the molecule is CC(C)(C)c1ccc(-n2c(-c3[c-]ccc4c3oc3ccccc34)nc3ccccc32)c(-c2ccccc2)c1.[2H]C([2H])(c1cc(-c2[c-]cccc2)nc[c]1[Ge]([CH3])([CH3])[CH3])C(C)C.[Ir]. The van der Waals surface area contributed by atoms with E-state index in [1.807, 2.05) is 80.7 Å². The van der Waals surface area contributed by atoms with E-state index in [-0.39, 0.29) is 31.4 Å². The molecule has 9 aromatic rings. The summed E-state index contributed by atoms with van der Waals surface area (Å²) in [5.74, 6) is 7.59. The normalized spacial score (nSPS) is 12.6. The molecule has 6 aromatic carbocycles. The molecule has 0 N–H and O–H groups in total. The van der Waals surface area contributed by atoms with Gasteiger partial charge in [-0.3, -0.25) is 4.98 Å². The summed E-state index contributed by atoms with van der Waals surface area (Å²) in [5.41, 5.74) is 11.8. The molecule has 6 heteroatoms. The van der Waals surface area contributed by atoms with E-state index < -0.39 is 19.6 Å². The number of hydrogen-bond donors (Lipinski definition) is 0. The van der Waals surface area contributed by atoms with Crippen molar-refractivity contribution in [3.05, 3.63) is 169 Å². The molecule has 9 rings (SSSR count). The molecule has 0 unspecified atom stereocenters. The van der Waals surface area contributed by atoms with Gasteiger partial charge in [0.15, 0.2) is 0 Å². The molecule has 0 fully saturated rings. The molecule has 0 aliphatic carbocycles. The maximum atomic E-state index is 8.56. The van der Waals surface area contributed by atoms with Gasteiger partial charge in [0.25, 0.3) is 0 Å². The van der Waals surface area contributed by atoms with Gasteiger partial charge in [0.05, 0.1) is 22.4 Å². The summed E-state index contributed by atoms with van der Waals surface area (Å²) in [5, 5.41) is 2.17. The molecule has 0 saturated heterocycles. The van der Waals surface area contributed by atoms with Crippen LogP contribution < -0.4 is 4.40 Å². The molecule has 3 aromatic heterocycles. The summed E-state index contributed by atoms with van der Waals surface area (Å²) < 4.78 is 27.0. The van der Waals surface area contributed by atoms with Gasteiger partial charge in [0.1, 0.15) is 5.58 Å². The molecule has 0 saturated carbocycles. The van der Waals surface area contributed by atoms with Gasteiger partial charge in [-0.2, -0.15) is 0 Å². The predicted octanol–water partition coefficient (Wildman–Crippen LogP) is 13.6. The van der Waals surface area contributed by atoms with Gasteiger partial charge in [0, 0.05) is 36.7 Å². The van der Waals surface area contributed by atoms with Crippen LogP contribution in [0.1, 0.15) is 48.5 Å². The summed E-state index contributed by atoms with van der Waals surface area (Å²) in [7, 11) is 0. The molecule has 0 aliphatic heterocycles. The summed E-state index contributed by atoms with van der Waals surface area (Å²) in [4.78, 5) is 9.76. The van der Waals surface area contributed by atoms with Crippen molar-refractivity contribution >= 4 is 50.6 Å². The molecule has 0 bridgehead atoms. The number of imidazole rings is 1. The maximum Gasteiger partial charge on any atom is 0 e. The first-order valence-corrected chi connectivity index (χ1v) is 27.5. The van der Waals surface area contributed by atoms with Crippen molar-refractivity contribution in [3.63, 3.8) is 0 Å². The quantitative estimate of drug-likeness (QED) is 0.118. The van der Waals surface area contributed by atoms with E-state index in [1.165, 1.54) is 16.7 Å². The largest absolute Gasteiger partial charge is 0 e. The second-order valence-corrected chi connectivity index (χ2v) is 27.8. The smallest absolute Gasteiger partial charge is 0 e. The van der Waals surface area contributed by atoms with Crippen molar-refractivity contribution in [2.75, 3.05) is 0 Å². The van der Waals surface area contributed by atoms with E-state index in [2.05, 4.69) is 139 Å². The number of rotatable bonds is 7. The molecule has 1 radical (unpaired) electrons. The Morgan fingerprint density at radius 2 is 1.51 bits per heavy atom. The van der Waals surface area contributed by atoms with E-state index in [4.69, 9.17) is 12.1 Å². The first-order chi connectivity index (χ1) is 28.6. The Kier molecular flexibility index (Phi) is 11.5. The van der Waals surface area contributed by atoms with E-state index >= 15 is 0 Å². The number of nitrogens with zero attached hydrogens (tertiary/aromatic N) is 3. The Labute approximate surface area is 368 Å². The monoisotopic (exact) mass is 1010 g/mol. The van der Waals surface area contributed by atoms with Crippen LogP contribution in [-0.4, -0.2) is 27.8 Å². The molecule has 3 heterocycles. The van der Waals surface area contributed by atoms with Gasteiger partial charge in [-0.25, -0.2) is 0 Å². The zero-order valence-corrected chi connectivity index (χ0v) is 39.5. The van der Waals surface area contributed by atoms with Crippen molar-refractivity contribution in [2.24, 2.45) is 5.92 Å². The van der Waals surface area contributed by atoms with E-state index in [1.54, 1.807) is 0 Å². The van der Waals surface area contributed by atoms with Crippen LogP contribution >= 0.6 is 0 Å². The predicted molar refractivity (Wildman–Crippen MR) is 247 cm³/mol. The molecule has 0 amide bonds. The summed E-state index contributed by atoms with van der Waals surface area (Å²) in [6.07, 6.45) is 0.562. The Bertz CT molecular complexity index is 2960. The fourth-order valence-electron chi connectivity index (χ4n) is 7.52. The molecule has 299 valence electrons. The summed E-state index contributed by atoms with van der Waals surface area (Å²) in [6.45, 7) is 10.6. The third-order valence-corrected chi connectivity index (χ3v) is 14.7. The van der Waals surface area contributed by atoms with Gasteiger partial charge in [-0.1, -0.05) is 98.5 Å². The number of benzene rings is 6. The van der Waals surface area contributed by atoms with Crippen LogP contribution in [0, 0.1) is 18.1 Å². The standard InChI is InChI=1S/C35H27N2O.C18H24GeN.Ir/c1-35(2,3)24-20-21-30(28(22-24)23-12-5-4-6-13-23)37-31-18-9-8-17-29(31)36-34(37)27-16-11-15-26-25-14-7-10-19-32(25)38-33(26)27;1-14(2)11-16-12-18(15-9-7-6-8-10-15)20-13-17(16)19(3,4)5;/h4-15,17-22H,1-3H3;6-9,12-14H,11H2,1-5H3;/q2*-1;/i;11D2;. The summed E-state index contributed by atoms with van der Waals surface area (Å²) in [6, 6.07) is 54.3. The average molecular weight is 1010 g/mol. The van der Waals surface area contributed by atoms with Crippen molar-refractivity contribution in [1.29, 1.82) is 0 Å². The van der Waals surface area contributed by atoms with Crippen LogP contribution in [0.25, 0.3) is 72.4 Å². The summed E-state index contributed by atoms with van der Waals surface area (Å²) >= 11 is -2.20. The number of aromatic nitrogens is 3. The Balaban J connectivity index is 0.000000210. The first kappa shape index (κ1) is 39.4. The minimum atomic E-state index is -2.20. The van der Waals surface area contributed by atoms with E-state index in [0.717, 1.165) is 71.3 Å². The minimum absolute atomic E-state index is 0. The molecule has 0 atom stereocenters. The Hall–Kier alpha value is -5.07. The molecule has 4 nitrogen and oxygen atoms in total. The first-order valence-electron chi connectivity index (χ1n) is 21.1. The van der Waals surface area contributed by atoms with Crippen LogP contribution in [-0.2, 0) is 31.9 Å². The number of pyridine rings is 1. The van der Waals surface area contributed by atoms with Gasteiger partial charge in [-0.05, 0) is 46.9 Å². The molecule has 0 spiro atoms. The van der Waals surface area contributed by atoms with Crippen LogP contribution in [0.2, 0.25) is 17.3 Å². The minimum Gasteiger partial charge on any atom is 0 e.